The van der Waals surface area contributed by atoms with E-state index in [1.807, 2.05) is 48.2 Å². The van der Waals surface area contributed by atoms with Gasteiger partial charge in [0.1, 0.15) is 5.75 Å². The van der Waals surface area contributed by atoms with Crippen molar-refractivity contribution in [2.75, 3.05) is 49.1 Å². The van der Waals surface area contributed by atoms with Crippen LogP contribution in [0.3, 0.4) is 0 Å². The standard InChI is InChI=1S/C23H26ClN3O3/c1-2-30-21-10-6-5-9-20(21)25-11-13-26(14-12-25)23(29)17-15-22(28)27(16-17)19-8-4-3-7-18(19)24/h3-10,17H,2,11-16H2,1H3. The zero-order valence-corrected chi connectivity index (χ0v) is 17.8. The van der Waals surface area contributed by atoms with E-state index in [9.17, 15) is 9.59 Å². The molecular formula is C23H26ClN3O3. The second kappa shape index (κ2) is 8.96. The Balaban J connectivity index is 1.38. The largest absolute Gasteiger partial charge is 0.492 e. The molecule has 2 aromatic rings. The summed E-state index contributed by atoms with van der Waals surface area (Å²) in [5, 5.41) is 0.528. The summed E-state index contributed by atoms with van der Waals surface area (Å²) in [7, 11) is 0. The molecule has 0 bridgehead atoms. The second-order valence-corrected chi connectivity index (χ2v) is 7.98. The minimum Gasteiger partial charge on any atom is -0.492 e. The number of halogens is 1. The van der Waals surface area contributed by atoms with Crippen LogP contribution in [0.4, 0.5) is 11.4 Å². The maximum absolute atomic E-state index is 13.1. The number of carbonyl (C=O) groups excluding carboxylic acids is 2. The van der Waals surface area contributed by atoms with Crippen molar-refractivity contribution in [2.24, 2.45) is 5.92 Å². The number of hydrogen-bond donors (Lipinski definition) is 0. The molecule has 0 saturated carbocycles. The van der Waals surface area contributed by atoms with Crippen LogP contribution in [0.25, 0.3) is 0 Å². The summed E-state index contributed by atoms with van der Waals surface area (Å²) in [5.74, 6) is 0.550. The van der Waals surface area contributed by atoms with Gasteiger partial charge in [0.25, 0.3) is 0 Å². The number of rotatable bonds is 5. The Labute approximate surface area is 182 Å². The van der Waals surface area contributed by atoms with Crippen LogP contribution < -0.4 is 14.5 Å². The Bertz CT molecular complexity index is 927. The third-order valence-electron chi connectivity index (χ3n) is 5.71. The molecule has 0 aromatic heterocycles. The first-order valence-corrected chi connectivity index (χ1v) is 10.8. The highest BCUT2D eigenvalue weighted by molar-refractivity contribution is 6.33. The fraction of sp³-hybridized carbons (Fsp3) is 0.391. The zero-order valence-electron chi connectivity index (χ0n) is 17.1. The lowest BCUT2D eigenvalue weighted by Crippen LogP contribution is -2.50. The predicted molar refractivity (Wildman–Crippen MR) is 118 cm³/mol. The third-order valence-corrected chi connectivity index (χ3v) is 6.03. The molecule has 2 amide bonds. The zero-order chi connectivity index (χ0) is 21.1. The number of hydrogen-bond acceptors (Lipinski definition) is 4. The van der Waals surface area contributed by atoms with Crippen molar-refractivity contribution < 1.29 is 14.3 Å². The van der Waals surface area contributed by atoms with E-state index in [1.54, 1.807) is 11.0 Å². The lowest BCUT2D eigenvalue weighted by molar-refractivity contribution is -0.136. The van der Waals surface area contributed by atoms with Crippen LogP contribution in [0.15, 0.2) is 48.5 Å². The Morgan fingerprint density at radius 2 is 1.70 bits per heavy atom. The minimum absolute atomic E-state index is 0.0503. The van der Waals surface area contributed by atoms with Gasteiger partial charge in [-0.05, 0) is 31.2 Å². The molecule has 7 heteroatoms. The topological polar surface area (TPSA) is 53.1 Å². The molecule has 1 unspecified atom stereocenters. The van der Waals surface area contributed by atoms with Gasteiger partial charge in [-0.15, -0.1) is 0 Å². The van der Waals surface area contributed by atoms with Gasteiger partial charge in [-0.3, -0.25) is 9.59 Å². The lowest BCUT2D eigenvalue weighted by atomic mass is 10.1. The monoisotopic (exact) mass is 427 g/mol. The number of nitrogens with zero attached hydrogens (tertiary/aromatic N) is 3. The summed E-state index contributed by atoms with van der Waals surface area (Å²) in [6.45, 7) is 5.73. The number of ether oxygens (including phenoxy) is 1. The van der Waals surface area contributed by atoms with E-state index >= 15 is 0 Å². The van der Waals surface area contributed by atoms with Crippen molar-refractivity contribution in [1.82, 2.24) is 4.90 Å². The Hall–Kier alpha value is -2.73. The van der Waals surface area contributed by atoms with Crippen LogP contribution in [-0.2, 0) is 9.59 Å². The maximum Gasteiger partial charge on any atom is 0.228 e. The number of para-hydroxylation sites is 3. The quantitative estimate of drug-likeness (QED) is 0.733. The van der Waals surface area contributed by atoms with E-state index in [2.05, 4.69) is 11.0 Å². The van der Waals surface area contributed by atoms with Gasteiger partial charge in [0.15, 0.2) is 0 Å². The lowest BCUT2D eigenvalue weighted by Gasteiger charge is -2.37. The van der Waals surface area contributed by atoms with Crippen molar-refractivity contribution >= 4 is 34.8 Å². The molecule has 0 radical (unpaired) electrons. The molecule has 2 aliphatic rings. The van der Waals surface area contributed by atoms with Gasteiger partial charge < -0.3 is 19.4 Å². The van der Waals surface area contributed by atoms with Crippen molar-refractivity contribution in [2.45, 2.75) is 13.3 Å². The SMILES string of the molecule is CCOc1ccccc1N1CCN(C(=O)C2CC(=O)N(c3ccccc3Cl)C2)CC1. The van der Waals surface area contributed by atoms with E-state index < -0.39 is 0 Å². The molecule has 6 nitrogen and oxygen atoms in total. The van der Waals surface area contributed by atoms with Crippen LogP contribution in [0.2, 0.25) is 5.02 Å². The summed E-state index contributed by atoms with van der Waals surface area (Å²) >= 11 is 6.25. The van der Waals surface area contributed by atoms with Crippen LogP contribution >= 0.6 is 11.6 Å². The first-order chi connectivity index (χ1) is 14.6. The molecule has 2 saturated heterocycles. The first-order valence-electron chi connectivity index (χ1n) is 10.4. The number of benzene rings is 2. The average Bonchev–Trinajstić information content (AvgIpc) is 3.16. The molecule has 2 aliphatic heterocycles. The van der Waals surface area contributed by atoms with Gasteiger partial charge >= 0.3 is 0 Å². The Morgan fingerprint density at radius 3 is 2.40 bits per heavy atom. The normalized spacial score (nSPS) is 19.3. The Morgan fingerprint density at radius 1 is 1.03 bits per heavy atom. The summed E-state index contributed by atoms with van der Waals surface area (Å²) in [5.41, 5.74) is 1.74. The summed E-state index contributed by atoms with van der Waals surface area (Å²) in [6.07, 6.45) is 0.234. The van der Waals surface area contributed by atoms with E-state index in [1.165, 1.54) is 0 Å². The van der Waals surface area contributed by atoms with Crippen LogP contribution in [0, 0.1) is 5.92 Å². The van der Waals surface area contributed by atoms with Crippen molar-refractivity contribution in [1.29, 1.82) is 0 Å². The first kappa shape index (κ1) is 20.5. The third kappa shape index (κ3) is 4.10. The van der Waals surface area contributed by atoms with Crippen LogP contribution in [0.1, 0.15) is 13.3 Å². The summed E-state index contributed by atoms with van der Waals surface area (Å²) in [4.78, 5) is 31.4. The molecular weight excluding hydrogens is 402 g/mol. The van der Waals surface area contributed by atoms with E-state index in [0.717, 1.165) is 24.5 Å². The highest BCUT2D eigenvalue weighted by Crippen LogP contribution is 2.32. The van der Waals surface area contributed by atoms with Gasteiger partial charge in [-0.25, -0.2) is 0 Å². The average molecular weight is 428 g/mol. The molecule has 0 aliphatic carbocycles. The van der Waals surface area contributed by atoms with Gasteiger partial charge in [-0.2, -0.15) is 0 Å². The van der Waals surface area contributed by atoms with Gasteiger partial charge in [-0.1, -0.05) is 35.9 Å². The second-order valence-electron chi connectivity index (χ2n) is 7.57. The molecule has 4 rings (SSSR count). The molecule has 158 valence electrons. The van der Waals surface area contributed by atoms with Crippen molar-refractivity contribution in [3.63, 3.8) is 0 Å². The van der Waals surface area contributed by atoms with Crippen molar-refractivity contribution in [3.8, 4) is 5.75 Å². The van der Waals surface area contributed by atoms with Crippen molar-refractivity contribution in [3.05, 3.63) is 53.6 Å². The number of carbonyl (C=O) groups is 2. The highest BCUT2D eigenvalue weighted by atomic mass is 35.5. The number of piperazine rings is 1. The predicted octanol–water partition coefficient (Wildman–Crippen LogP) is 3.44. The van der Waals surface area contributed by atoms with Gasteiger partial charge in [0, 0.05) is 39.1 Å². The molecule has 30 heavy (non-hydrogen) atoms. The number of anilines is 2. The molecule has 0 N–H and O–H groups in total. The molecule has 1 atom stereocenters. The highest BCUT2D eigenvalue weighted by Gasteiger charge is 2.38. The van der Waals surface area contributed by atoms with Crippen LogP contribution in [-0.4, -0.2) is 56.0 Å². The maximum atomic E-state index is 13.1. The molecule has 0 spiro atoms. The van der Waals surface area contributed by atoms with E-state index in [-0.39, 0.29) is 24.2 Å². The van der Waals surface area contributed by atoms with E-state index in [0.29, 0.717) is 37.0 Å². The summed E-state index contributed by atoms with van der Waals surface area (Å²) in [6, 6.07) is 15.3. The summed E-state index contributed by atoms with van der Waals surface area (Å²) < 4.78 is 5.75. The molecule has 2 aromatic carbocycles. The minimum atomic E-state index is -0.323. The van der Waals surface area contributed by atoms with Gasteiger partial charge in [0.05, 0.1) is 28.9 Å². The fourth-order valence-electron chi connectivity index (χ4n) is 4.20. The number of amides is 2. The Kier molecular flexibility index (Phi) is 6.13. The fourth-order valence-corrected chi connectivity index (χ4v) is 4.44. The van der Waals surface area contributed by atoms with Crippen LogP contribution in [0.5, 0.6) is 5.75 Å². The smallest absolute Gasteiger partial charge is 0.228 e. The van der Waals surface area contributed by atoms with E-state index in [4.69, 9.17) is 16.3 Å². The molecule has 2 heterocycles. The van der Waals surface area contributed by atoms with Gasteiger partial charge in [0.2, 0.25) is 11.8 Å². The molecule has 2 fully saturated rings.